The Labute approximate surface area is 169 Å². The summed E-state index contributed by atoms with van der Waals surface area (Å²) in [5, 5.41) is 2.83. The summed E-state index contributed by atoms with van der Waals surface area (Å²) in [4.78, 5) is 22.5. The van der Waals surface area contributed by atoms with Gasteiger partial charge in [-0.05, 0) is 31.9 Å². The van der Waals surface area contributed by atoms with Crippen molar-refractivity contribution in [1.82, 2.24) is 14.5 Å². The second-order valence-corrected chi connectivity index (χ2v) is 7.90. The predicted octanol–water partition coefficient (Wildman–Crippen LogP) is 5.36. The fraction of sp³-hybridized carbons (Fsp3) is 0.350. The maximum atomic E-state index is 13.2. The maximum absolute atomic E-state index is 13.2. The van der Waals surface area contributed by atoms with Crippen molar-refractivity contribution in [2.45, 2.75) is 33.9 Å². The molecule has 0 bridgehead atoms. The molecule has 3 aromatic rings. The van der Waals surface area contributed by atoms with Gasteiger partial charge in [-0.15, -0.1) is 11.3 Å². The van der Waals surface area contributed by atoms with E-state index in [1.54, 1.807) is 6.92 Å². The van der Waals surface area contributed by atoms with Crippen LogP contribution in [0.25, 0.3) is 26.1 Å². The van der Waals surface area contributed by atoms with Gasteiger partial charge < -0.3 is 5.32 Å². The minimum absolute atomic E-state index is 0.258. The highest BCUT2D eigenvalue weighted by Gasteiger charge is 2.27. The molecule has 0 atom stereocenters. The van der Waals surface area contributed by atoms with Gasteiger partial charge >= 0.3 is 6.18 Å². The molecular weight excluding hydrogens is 401 g/mol. The zero-order chi connectivity index (χ0) is 21.3. The minimum Gasteiger partial charge on any atom is -0.376 e. The molecule has 29 heavy (non-hydrogen) atoms. The van der Waals surface area contributed by atoms with Gasteiger partial charge in [-0.2, -0.15) is 13.2 Å². The highest BCUT2D eigenvalue weighted by molar-refractivity contribution is 7.25. The van der Waals surface area contributed by atoms with E-state index in [9.17, 15) is 18.0 Å². The number of pyridine rings is 1. The molecule has 0 aliphatic heterocycles. The number of aromatic nitrogens is 3. The van der Waals surface area contributed by atoms with E-state index in [4.69, 9.17) is 0 Å². The van der Waals surface area contributed by atoms with Crippen LogP contribution < -0.4 is 10.9 Å². The molecule has 0 saturated carbocycles. The van der Waals surface area contributed by atoms with Crippen molar-refractivity contribution >= 4 is 43.2 Å². The smallest absolute Gasteiger partial charge is 0.376 e. The first-order valence-corrected chi connectivity index (χ1v) is 9.90. The number of hydrogen-bond donors (Lipinski definition) is 1. The van der Waals surface area contributed by atoms with Crippen LogP contribution in [0.15, 0.2) is 35.3 Å². The van der Waals surface area contributed by atoms with Crippen LogP contribution in [0.2, 0.25) is 0 Å². The standard InChI is InChI=1S/C20H21F3N4OS/c1-5-13(7-6-11(2)3)27-12(4)26-16-15-14(25-10-20(21,22)23)8-9-24-18(15)29-17(16)19(27)28/h5-9,11H,10H2,1-4H3,(H,24,25)/b7-6-,13-5+. The third kappa shape index (κ3) is 4.34. The molecule has 3 aromatic heterocycles. The summed E-state index contributed by atoms with van der Waals surface area (Å²) in [6.07, 6.45) is 2.74. The van der Waals surface area contributed by atoms with E-state index in [-0.39, 0.29) is 11.2 Å². The molecule has 9 heteroatoms. The molecule has 154 valence electrons. The van der Waals surface area contributed by atoms with Crippen molar-refractivity contribution in [2.75, 3.05) is 11.9 Å². The molecule has 3 heterocycles. The molecule has 0 fully saturated rings. The summed E-state index contributed by atoms with van der Waals surface area (Å²) in [6.45, 7) is 6.43. The normalized spacial score (nSPS) is 13.3. The first-order valence-electron chi connectivity index (χ1n) is 9.08. The number of aryl methyl sites for hydroxylation is 1. The van der Waals surface area contributed by atoms with Crippen LogP contribution in [0, 0.1) is 12.8 Å². The van der Waals surface area contributed by atoms with Crippen molar-refractivity contribution in [1.29, 1.82) is 0 Å². The van der Waals surface area contributed by atoms with Crippen molar-refractivity contribution in [2.24, 2.45) is 5.92 Å². The average molecular weight is 422 g/mol. The lowest BCUT2D eigenvalue weighted by Gasteiger charge is -2.12. The van der Waals surface area contributed by atoms with E-state index >= 15 is 0 Å². The highest BCUT2D eigenvalue weighted by atomic mass is 32.1. The molecule has 0 aliphatic carbocycles. The quantitative estimate of drug-likeness (QED) is 0.562. The summed E-state index contributed by atoms with van der Waals surface area (Å²) >= 11 is 1.13. The summed E-state index contributed by atoms with van der Waals surface area (Å²) in [6, 6.07) is 1.46. The molecule has 3 rings (SSSR count). The lowest BCUT2D eigenvalue weighted by molar-refractivity contribution is -0.115. The van der Waals surface area contributed by atoms with Crippen LogP contribution in [0.1, 0.15) is 26.6 Å². The van der Waals surface area contributed by atoms with Gasteiger partial charge in [0, 0.05) is 17.6 Å². The number of rotatable bonds is 5. The van der Waals surface area contributed by atoms with E-state index in [1.165, 1.54) is 16.8 Å². The van der Waals surface area contributed by atoms with E-state index < -0.39 is 12.7 Å². The van der Waals surface area contributed by atoms with Crippen molar-refractivity contribution < 1.29 is 13.2 Å². The third-order valence-corrected chi connectivity index (χ3v) is 5.32. The van der Waals surface area contributed by atoms with Crippen LogP contribution in [-0.2, 0) is 0 Å². The molecule has 0 unspecified atom stereocenters. The molecule has 0 amide bonds. The summed E-state index contributed by atoms with van der Waals surface area (Å²) in [5.41, 5.74) is 1.05. The lowest BCUT2D eigenvalue weighted by Crippen LogP contribution is -2.22. The van der Waals surface area contributed by atoms with Gasteiger partial charge in [0.05, 0.1) is 5.39 Å². The van der Waals surface area contributed by atoms with E-state index in [0.29, 0.717) is 37.9 Å². The Balaban J connectivity index is 2.22. The van der Waals surface area contributed by atoms with Gasteiger partial charge in [0.25, 0.3) is 5.56 Å². The fourth-order valence-electron chi connectivity index (χ4n) is 2.96. The van der Waals surface area contributed by atoms with Gasteiger partial charge in [-0.3, -0.25) is 9.36 Å². The van der Waals surface area contributed by atoms with E-state index in [0.717, 1.165) is 11.3 Å². The summed E-state index contributed by atoms with van der Waals surface area (Å²) in [5.74, 6) is 0.766. The van der Waals surface area contributed by atoms with Gasteiger partial charge in [0.1, 0.15) is 27.4 Å². The van der Waals surface area contributed by atoms with Crippen LogP contribution in [0.3, 0.4) is 0 Å². The number of alkyl halides is 3. The van der Waals surface area contributed by atoms with Crippen molar-refractivity contribution in [3.05, 3.63) is 46.7 Å². The second-order valence-electron chi connectivity index (χ2n) is 6.90. The first-order chi connectivity index (χ1) is 13.6. The topological polar surface area (TPSA) is 59.8 Å². The lowest BCUT2D eigenvalue weighted by atomic mass is 10.2. The van der Waals surface area contributed by atoms with Gasteiger partial charge in [-0.1, -0.05) is 26.0 Å². The summed E-state index contributed by atoms with van der Waals surface area (Å²) < 4.78 is 39.9. The Hall–Kier alpha value is -2.68. The highest BCUT2D eigenvalue weighted by Crippen LogP contribution is 2.35. The molecule has 5 nitrogen and oxygen atoms in total. The number of hydrogen-bond acceptors (Lipinski definition) is 5. The van der Waals surface area contributed by atoms with E-state index in [2.05, 4.69) is 15.3 Å². The number of anilines is 1. The Bertz CT molecular complexity index is 1170. The first kappa shape index (κ1) is 21.0. The monoisotopic (exact) mass is 422 g/mol. The molecule has 1 N–H and O–H groups in total. The van der Waals surface area contributed by atoms with Crippen LogP contribution >= 0.6 is 11.3 Å². The Kier molecular flexibility index (Phi) is 5.79. The molecule has 0 saturated heterocycles. The largest absolute Gasteiger partial charge is 0.405 e. The number of fused-ring (bicyclic) bond motifs is 3. The maximum Gasteiger partial charge on any atom is 0.405 e. The van der Waals surface area contributed by atoms with Crippen LogP contribution in [0.4, 0.5) is 18.9 Å². The van der Waals surface area contributed by atoms with Gasteiger partial charge in [0.2, 0.25) is 0 Å². The number of allylic oxidation sites excluding steroid dienone is 4. The average Bonchev–Trinajstić information content (AvgIpc) is 3.01. The Morgan fingerprint density at radius 2 is 2.10 bits per heavy atom. The second kappa shape index (κ2) is 7.98. The number of nitrogens with one attached hydrogen (secondary N) is 1. The molecule has 0 radical (unpaired) electrons. The Morgan fingerprint density at radius 1 is 1.38 bits per heavy atom. The SMILES string of the molecule is C/C=C(\C=C/C(C)C)n1c(C)nc2c(sc3nccc(NCC(F)(F)F)c32)c1=O. The van der Waals surface area contributed by atoms with Gasteiger partial charge in [0.15, 0.2) is 0 Å². The molecule has 0 aliphatic rings. The van der Waals surface area contributed by atoms with E-state index in [1.807, 2.05) is 39.0 Å². The fourth-order valence-corrected chi connectivity index (χ4v) is 4.00. The zero-order valence-electron chi connectivity index (χ0n) is 16.5. The van der Waals surface area contributed by atoms with Crippen molar-refractivity contribution in [3.8, 4) is 0 Å². The number of nitrogens with zero attached hydrogens (tertiary/aromatic N) is 3. The van der Waals surface area contributed by atoms with Crippen LogP contribution in [0.5, 0.6) is 0 Å². The number of halogens is 3. The van der Waals surface area contributed by atoms with Crippen molar-refractivity contribution in [3.63, 3.8) is 0 Å². The third-order valence-electron chi connectivity index (χ3n) is 4.25. The minimum atomic E-state index is -4.36. The summed E-state index contributed by atoms with van der Waals surface area (Å²) in [7, 11) is 0. The molecular formula is C20H21F3N4OS. The number of thiophene rings is 1. The van der Waals surface area contributed by atoms with Gasteiger partial charge in [-0.25, -0.2) is 9.97 Å². The van der Waals surface area contributed by atoms with Crippen LogP contribution in [-0.4, -0.2) is 27.3 Å². The zero-order valence-corrected chi connectivity index (χ0v) is 17.3. The predicted molar refractivity (Wildman–Crippen MR) is 112 cm³/mol. The molecule has 0 spiro atoms. The molecule has 0 aromatic carbocycles. The Morgan fingerprint density at radius 3 is 2.72 bits per heavy atom.